The van der Waals surface area contributed by atoms with Gasteiger partial charge in [-0.1, -0.05) is 30.3 Å². The van der Waals surface area contributed by atoms with Crippen molar-refractivity contribution >= 4 is 0 Å². The van der Waals surface area contributed by atoms with E-state index in [4.69, 9.17) is 6.57 Å². The molecule has 1 aromatic rings. The predicted octanol–water partition coefficient (Wildman–Crippen LogP) is 2.86. The number of nitrogens with zero attached hydrogens (tertiary/aromatic N) is 1. The highest BCUT2D eigenvalue weighted by molar-refractivity contribution is 5.16. The van der Waals surface area contributed by atoms with E-state index in [9.17, 15) is 0 Å². The molecule has 0 aliphatic heterocycles. The van der Waals surface area contributed by atoms with E-state index in [1.165, 1.54) is 5.56 Å². The van der Waals surface area contributed by atoms with Gasteiger partial charge in [0.2, 0.25) is 0 Å². The van der Waals surface area contributed by atoms with Crippen molar-refractivity contribution in [3.63, 3.8) is 0 Å². The summed E-state index contributed by atoms with van der Waals surface area (Å²) in [5.41, 5.74) is 1.19. The summed E-state index contributed by atoms with van der Waals surface area (Å²) >= 11 is 0. The molecule has 1 N–H and O–H groups in total. The molecule has 2 nitrogen and oxygen atoms in total. The van der Waals surface area contributed by atoms with Crippen LogP contribution in [-0.4, -0.2) is 11.7 Å². The SMILES string of the molecule is [C-]#[N+][C@H](Cc1ccccc1)NC(C)(C)C. The van der Waals surface area contributed by atoms with Crippen molar-refractivity contribution in [3.05, 3.63) is 47.3 Å². The molecule has 0 saturated carbocycles. The first-order chi connectivity index (χ1) is 7.01. The maximum absolute atomic E-state index is 7.15. The lowest BCUT2D eigenvalue weighted by molar-refractivity contribution is 0.388. The molecule has 0 saturated heterocycles. The fourth-order valence-corrected chi connectivity index (χ4v) is 1.47. The molecular weight excluding hydrogens is 184 g/mol. The van der Waals surface area contributed by atoms with E-state index in [1.807, 2.05) is 18.2 Å². The van der Waals surface area contributed by atoms with E-state index in [2.05, 4.69) is 43.1 Å². The smallest absolute Gasteiger partial charge is 0.281 e. The van der Waals surface area contributed by atoms with Gasteiger partial charge in [-0.25, -0.2) is 11.9 Å². The molecule has 0 unspecified atom stereocenters. The average Bonchev–Trinajstić information content (AvgIpc) is 2.16. The van der Waals surface area contributed by atoms with E-state index in [0.29, 0.717) is 0 Å². The number of rotatable bonds is 3. The number of benzene rings is 1. The fraction of sp³-hybridized carbons (Fsp3) is 0.462. The van der Waals surface area contributed by atoms with Crippen molar-refractivity contribution in [2.75, 3.05) is 0 Å². The minimum Gasteiger partial charge on any atom is -0.296 e. The van der Waals surface area contributed by atoms with Crippen LogP contribution in [-0.2, 0) is 6.42 Å². The Labute approximate surface area is 92.1 Å². The molecule has 0 spiro atoms. The van der Waals surface area contributed by atoms with Gasteiger partial charge in [-0.15, -0.1) is 0 Å². The van der Waals surface area contributed by atoms with Crippen LogP contribution in [0.3, 0.4) is 0 Å². The van der Waals surface area contributed by atoms with Crippen LogP contribution in [0.15, 0.2) is 30.3 Å². The van der Waals surface area contributed by atoms with Crippen LogP contribution in [0.25, 0.3) is 4.85 Å². The maximum atomic E-state index is 7.15. The van der Waals surface area contributed by atoms with Crippen LogP contribution in [0.1, 0.15) is 26.3 Å². The van der Waals surface area contributed by atoms with Gasteiger partial charge in [0, 0.05) is 5.54 Å². The first kappa shape index (κ1) is 11.7. The Hall–Kier alpha value is -1.33. The highest BCUT2D eigenvalue weighted by atomic mass is 15.1. The molecular formula is C13H18N2. The van der Waals surface area contributed by atoms with E-state index in [-0.39, 0.29) is 11.7 Å². The van der Waals surface area contributed by atoms with Gasteiger partial charge in [0.25, 0.3) is 6.17 Å². The lowest BCUT2D eigenvalue weighted by Gasteiger charge is -2.21. The summed E-state index contributed by atoms with van der Waals surface area (Å²) in [6.45, 7) is 13.4. The van der Waals surface area contributed by atoms with Gasteiger partial charge in [0.1, 0.15) is 0 Å². The van der Waals surface area contributed by atoms with Crippen molar-refractivity contribution in [2.45, 2.75) is 38.9 Å². The lowest BCUT2D eigenvalue weighted by Crippen LogP contribution is -2.43. The lowest BCUT2D eigenvalue weighted by atomic mass is 10.1. The first-order valence-electron chi connectivity index (χ1n) is 5.19. The zero-order valence-electron chi connectivity index (χ0n) is 9.62. The van der Waals surface area contributed by atoms with E-state index >= 15 is 0 Å². The summed E-state index contributed by atoms with van der Waals surface area (Å²) in [7, 11) is 0. The molecule has 0 heterocycles. The molecule has 0 bridgehead atoms. The van der Waals surface area contributed by atoms with Crippen molar-refractivity contribution < 1.29 is 0 Å². The molecule has 0 radical (unpaired) electrons. The van der Waals surface area contributed by atoms with Gasteiger partial charge < -0.3 is 0 Å². The topological polar surface area (TPSA) is 16.4 Å². The summed E-state index contributed by atoms with van der Waals surface area (Å²) in [6.07, 6.45) is 0.633. The fourth-order valence-electron chi connectivity index (χ4n) is 1.47. The van der Waals surface area contributed by atoms with Gasteiger partial charge in [0.05, 0.1) is 6.42 Å². The zero-order chi connectivity index (χ0) is 11.3. The summed E-state index contributed by atoms with van der Waals surface area (Å²) in [5.74, 6) is 0. The predicted molar refractivity (Wildman–Crippen MR) is 63.4 cm³/mol. The van der Waals surface area contributed by atoms with Gasteiger partial charge in [0.15, 0.2) is 0 Å². The number of hydrogen-bond acceptors (Lipinski definition) is 1. The summed E-state index contributed by atoms with van der Waals surface area (Å²) < 4.78 is 0. The second-order valence-electron chi connectivity index (χ2n) is 4.73. The number of hydrogen-bond donors (Lipinski definition) is 1. The minimum atomic E-state index is -0.132. The third-order valence-corrected chi connectivity index (χ3v) is 2.03. The standard InChI is InChI=1S/C13H18N2/c1-13(2,3)15-12(14-4)10-11-8-6-5-7-9-11/h5-9,12,15H,10H2,1-3H3/t12-/m0/s1. The van der Waals surface area contributed by atoms with Crippen LogP contribution in [0.5, 0.6) is 0 Å². The van der Waals surface area contributed by atoms with E-state index < -0.39 is 0 Å². The molecule has 0 aliphatic rings. The van der Waals surface area contributed by atoms with E-state index in [0.717, 1.165) is 6.42 Å². The Morgan fingerprint density at radius 3 is 2.33 bits per heavy atom. The van der Waals surface area contributed by atoms with Gasteiger partial charge in [-0.3, -0.25) is 4.85 Å². The molecule has 1 rings (SSSR count). The molecule has 2 heteroatoms. The quantitative estimate of drug-likeness (QED) is 0.745. The highest BCUT2D eigenvalue weighted by Gasteiger charge is 2.20. The average molecular weight is 202 g/mol. The molecule has 0 fully saturated rings. The Balaban J connectivity index is 2.60. The monoisotopic (exact) mass is 202 g/mol. The Kier molecular flexibility index (Phi) is 3.88. The summed E-state index contributed by atoms with van der Waals surface area (Å²) in [6, 6.07) is 10.1. The van der Waals surface area contributed by atoms with Crippen molar-refractivity contribution in [1.82, 2.24) is 5.32 Å². The van der Waals surface area contributed by atoms with E-state index in [1.54, 1.807) is 0 Å². The van der Waals surface area contributed by atoms with Crippen LogP contribution in [0.2, 0.25) is 0 Å². The summed E-state index contributed by atoms with van der Waals surface area (Å²) in [5, 5.41) is 3.30. The molecule has 0 aliphatic carbocycles. The highest BCUT2D eigenvalue weighted by Crippen LogP contribution is 2.08. The second kappa shape index (κ2) is 4.95. The van der Waals surface area contributed by atoms with Crippen molar-refractivity contribution in [1.29, 1.82) is 0 Å². The molecule has 0 aromatic heterocycles. The first-order valence-corrected chi connectivity index (χ1v) is 5.19. The third kappa shape index (κ3) is 4.62. The Morgan fingerprint density at radius 1 is 1.27 bits per heavy atom. The Bertz CT molecular complexity index is 330. The second-order valence-corrected chi connectivity index (χ2v) is 4.73. The summed E-state index contributed by atoms with van der Waals surface area (Å²) in [4.78, 5) is 3.61. The zero-order valence-corrected chi connectivity index (χ0v) is 9.62. The molecule has 1 aromatic carbocycles. The number of nitrogens with one attached hydrogen (secondary N) is 1. The molecule has 15 heavy (non-hydrogen) atoms. The van der Waals surface area contributed by atoms with Gasteiger partial charge in [-0.05, 0) is 26.3 Å². The third-order valence-electron chi connectivity index (χ3n) is 2.03. The molecule has 1 atom stereocenters. The van der Waals surface area contributed by atoms with Crippen molar-refractivity contribution in [2.24, 2.45) is 0 Å². The largest absolute Gasteiger partial charge is 0.296 e. The minimum absolute atomic E-state index is 0.00992. The maximum Gasteiger partial charge on any atom is 0.281 e. The molecule has 0 amide bonds. The van der Waals surface area contributed by atoms with Crippen LogP contribution in [0, 0.1) is 6.57 Å². The van der Waals surface area contributed by atoms with Crippen LogP contribution < -0.4 is 5.32 Å². The van der Waals surface area contributed by atoms with Crippen LogP contribution in [0.4, 0.5) is 0 Å². The van der Waals surface area contributed by atoms with Crippen LogP contribution >= 0.6 is 0 Å². The normalized spacial score (nSPS) is 13.2. The molecule has 80 valence electrons. The Morgan fingerprint density at radius 2 is 1.87 bits per heavy atom. The van der Waals surface area contributed by atoms with Gasteiger partial charge in [-0.2, -0.15) is 0 Å². The van der Waals surface area contributed by atoms with Crippen molar-refractivity contribution in [3.8, 4) is 0 Å². The van der Waals surface area contributed by atoms with Gasteiger partial charge >= 0.3 is 0 Å².